The summed E-state index contributed by atoms with van der Waals surface area (Å²) in [6.07, 6.45) is 1.73. The molecular weight excluding hydrogens is 282 g/mol. The zero-order chi connectivity index (χ0) is 13.5. The molecule has 0 saturated carbocycles. The van der Waals surface area contributed by atoms with Crippen LogP contribution in [0.2, 0.25) is 5.02 Å². The van der Waals surface area contributed by atoms with Gasteiger partial charge in [-0.3, -0.25) is 0 Å². The molecule has 0 spiro atoms. The predicted octanol–water partition coefficient (Wildman–Crippen LogP) is 1.91. The highest BCUT2D eigenvalue weighted by Crippen LogP contribution is 2.42. The summed E-state index contributed by atoms with van der Waals surface area (Å²) in [6, 6.07) is 7.90. The first-order chi connectivity index (χ1) is 8.99. The number of benzene rings is 1. The van der Waals surface area contributed by atoms with Crippen molar-refractivity contribution in [1.29, 1.82) is 0 Å². The van der Waals surface area contributed by atoms with Crippen LogP contribution in [-0.4, -0.2) is 33.0 Å². The summed E-state index contributed by atoms with van der Waals surface area (Å²) in [6.45, 7) is 1.83. The maximum absolute atomic E-state index is 11.7. The molecule has 2 aliphatic rings. The maximum Gasteiger partial charge on any atom is 0.150 e. The van der Waals surface area contributed by atoms with Crippen LogP contribution in [0.1, 0.15) is 12.0 Å². The van der Waals surface area contributed by atoms with Crippen LogP contribution in [0.3, 0.4) is 0 Å². The summed E-state index contributed by atoms with van der Waals surface area (Å²) < 4.78 is 23.4. The molecule has 104 valence electrons. The summed E-state index contributed by atoms with van der Waals surface area (Å²) in [5.74, 6) is 1.00. The topological polar surface area (TPSA) is 46.2 Å². The highest BCUT2D eigenvalue weighted by molar-refractivity contribution is 7.91. The van der Waals surface area contributed by atoms with E-state index in [1.165, 1.54) is 5.56 Å². The van der Waals surface area contributed by atoms with Crippen molar-refractivity contribution in [2.75, 3.05) is 24.6 Å². The van der Waals surface area contributed by atoms with E-state index in [0.717, 1.165) is 31.0 Å². The number of hydrogen-bond acceptors (Lipinski definition) is 3. The molecule has 1 unspecified atom stereocenters. The highest BCUT2D eigenvalue weighted by atomic mass is 35.5. The molecule has 0 aromatic heterocycles. The van der Waals surface area contributed by atoms with Crippen molar-refractivity contribution in [2.45, 2.75) is 12.8 Å². The molecule has 2 saturated heterocycles. The van der Waals surface area contributed by atoms with Gasteiger partial charge >= 0.3 is 0 Å². The number of nitrogens with one attached hydrogen (secondary N) is 1. The standard InChI is InChI=1S/C14H18ClNO2S/c15-13-3-1-2-11(6-13)7-14(9-16-10-14)12-4-5-19(17,18)8-12/h1-3,6,12,16H,4-5,7-10H2. The number of rotatable bonds is 3. The summed E-state index contributed by atoms with van der Waals surface area (Å²) in [4.78, 5) is 0. The Hall–Kier alpha value is -0.580. The first-order valence-corrected chi connectivity index (χ1v) is 8.85. The fourth-order valence-electron chi connectivity index (χ4n) is 3.34. The van der Waals surface area contributed by atoms with Crippen LogP contribution in [0, 0.1) is 11.3 Å². The second-order valence-electron chi connectivity index (χ2n) is 5.87. The fraction of sp³-hybridized carbons (Fsp3) is 0.571. The van der Waals surface area contributed by atoms with Crippen LogP contribution in [0.25, 0.3) is 0 Å². The van der Waals surface area contributed by atoms with Crippen molar-refractivity contribution in [2.24, 2.45) is 11.3 Å². The number of sulfone groups is 1. The molecule has 1 aromatic rings. The zero-order valence-electron chi connectivity index (χ0n) is 10.7. The van der Waals surface area contributed by atoms with Gasteiger partial charge in [-0.15, -0.1) is 0 Å². The molecule has 2 heterocycles. The number of halogens is 1. The van der Waals surface area contributed by atoms with Gasteiger partial charge in [0, 0.05) is 23.5 Å². The van der Waals surface area contributed by atoms with E-state index in [4.69, 9.17) is 11.6 Å². The third-order valence-corrected chi connectivity index (χ3v) is 6.50. The fourth-order valence-corrected chi connectivity index (χ4v) is 5.49. The van der Waals surface area contributed by atoms with E-state index >= 15 is 0 Å². The second-order valence-corrected chi connectivity index (χ2v) is 8.54. The van der Waals surface area contributed by atoms with Crippen molar-refractivity contribution in [1.82, 2.24) is 5.32 Å². The largest absolute Gasteiger partial charge is 0.315 e. The Kier molecular flexibility index (Phi) is 3.36. The van der Waals surface area contributed by atoms with Crippen molar-refractivity contribution in [3.05, 3.63) is 34.9 Å². The van der Waals surface area contributed by atoms with E-state index in [2.05, 4.69) is 11.4 Å². The van der Waals surface area contributed by atoms with Crippen LogP contribution in [0.15, 0.2) is 24.3 Å². The van der Waals surface area contributed by atoms with Gasteiger partial charge in [-0.05, 0) is 36.5 Å². The average molecular weight is 300 g/mol. The minimum atomic E-state index is -2.81. The van der Waals surface area contributed by atoms with E-state index in [-0.39, 0.29) is 11.3 Å². The summed E-state index contributed by atoms with van der Waals surface area (Å²) in [7, 11) is -2.81. The summed E-state index contributed by atoms with van der Waals surface area (Å²) in [5, 5.41) is 4.06. The molecule has 2 fully saturated rings. The van der Waals surface area contributed by atoms with Gasteiger partial charge in [-0.2, -0.15) is 0 Å². The predicted molar refractivity (Wildman–Crippen MR) is 77.2 cm³/mol. The van der Waals surface area contributed by atoms with Gasteiger partial charge in [0.15, 0.2) is 9.84 Å². The summed E-state index contributed by atoms with van der Waals surface area (Å²) in [5.41, 5.74) is 1.31. The summed E-state index contributed by atoms with van der Waals surface area (Å²) >= 11 is 6.03. The lowest BCUT2D eigenvalue weighted by Crippen LogP contribution is -2.59. The van der Waals surface area contributed by atoms with Gasteiger partial charge in [0.1, 0.15) is 0 Å². The lowest BCUT2D eigenvalue weighted by Gasteiger charge is -2.47. The van der Waals surface area contributed by atoms with Crippen molar-refractivity contribution in [3.8, 4) is 0 Å². The third-order valence-electron chi connectivity index (χ3n) is 4.50. The molecule has 1 aromatic carbocycles. The van der Waals surface area contributed by atoms with Crippen LogP contribution < -0.4 is 5.32 Å². The molecule has 1 atom stereocenters. The molecule has 3 rings (SSSR count). The van der Waals surface area contributed by atoms with E-state index in [1.807, 2.05) is 18.2 Å². The minimum absolute atomic E-state index is 0.105. The van der Waals surface area contributed by atoms with Crippen molar-refractivity contribution in [3.63, 3.8) is 0 Å². The number of hydrogen-bond donors (Lipinski definition) is 1. The Morgan fingerprint density at radius 1 is 1.37 bits per heavy atom. The van der Waals surface area contributed by atoms with Crippen LogP contribution >= 0.6 is 11.6 Å². The average Bonchev–Trinajstić information content (AvgIpc) is 2.64. The first kappa shape index (κ1) is 13.4. The molecule has 19 heavy (non-hydrogen) atoms. The van der Waals surface area contributed by atoms with Gasteiger partial charge in [0.25, 0.3) is 0 Å². The van der Waals surface area contributed by atoms with Gasteiger partial charge in [0.05, 0.1) is 11.5 Å². The normalized spacial score (nSPS) is 27.9. The molecule has 0 aliphatic carbocycles. The molecule has 2 aliphatic heterocycles. The Bertz CT molecular complexity index is 581. The smallest absolute Gasteiger partial charge is 0.150 e. The monoisotopic (exact) mass is 299 g/mol. The van der Waals surface area contributed by atoms with Gasteiger partial charge in [-0.25, -0.2) is 8.42 Å². The van der Waals surface area contributed by atoms with Gasteiger partial charge in [0.2, 0.25) is 0 Å². The highest BCUT2D eigenvalue weighted by Gasteiger charge is 2.48. The Balaban J connectivity index is 1.80. The Morgan fingerprint density at radius 2 is 2.16 bits per heavy atom. The quantitative estimate of drug-likeness (QED) is 0.927. The molecule has 1 N–H and O–H groups in total. The van der Waals surface area contributed by atoms with Gasteiger partial charge < -0.3 is 5.32 Å². The lowest BCUT2D eigenvalue weighted by molar-refractivity contribution is 0.0925. The van der Waals surface area contributed by atoms with E-state index in [9.17, 15) is 8.42 Å². The van der Waals surface area contributed by atoms with Crippen molar-refractivity contribution >= 4 is 21.4 Å². The molecule has 5 heteroatoms. The van der Waals surface area contributed by atoms with Crippen LogP contribution in [-0.2, 0) is 16.3 Å². The molecule has 0 bridgehead atoms. The maximum atomic E-state index is 11.7. The second kappa shape index (κ2) is 4.76. The Morgan fingerprint density at radius 3 is 2.68 bits per heavy atom. The van der Waals surface area contributed by atoms with Crippen molar-refractivity contribution < 1.29 is 8.42 Å². The van der Waals surface area contributed by atoms with Gasteiger partial charge in [-0.1, -0.05) is 23.7 Å². The Labute approximate surface area is 119 Å². The van der Waals surface area contributed by atoms with E-state index < -0.39 is 9.84 Å². The lowest BCUT2D eigenvalue weighted by atomic mass is 9.67. The first-order valence-electron chi connectivity index (χ1n) is 6.65. The molecule has 0 radical (unpaired) electrons. The SMILES string of the molecule is O=S1(=O)CCC(C2(Cc3cccc(Cl)c3)CNC2)C1. The van der Waals surface area contributed by atoms with Crippen LogP contribution in [0.5, 0.6) is 0 Å². The zero-order valence-corrected chi connectivity index (χ0v) is 12.3. The third kappa shape index (κ3) is 2.67. The van der Waals surface area contributed by atoms with E-state index in [1.54, 1.807) is 0 Å². The minimum Gasteiger partial charge on any atom is -0.315 e. The van der Waals surface area contributed by atoms with Crippen LogP contribution in [0.4, 0.5) is 0 Å². The molecule has 3 nitrogen and oxygen atoms in total. The van der Waals surface area contributed by atoms with E-state index in [0.29, 0.717) is 11.5 Å². The molecule has 0 amide bonds. The molecular formula is C14H18ClNO2S.